The van der Waals surface area contributed by atoms with Crippen molar-refractivity contribution in [3.05, 3.63) is 82.8 Å². The van der Waals surface area contributed by atoms with Gasteiger partial charge in [-0.15, -0.1) is 6.58 Å². The summed E-state index contributed by atoms with van der Waals surface area (Å²) < 4.78 is 1.57. The van der Waals surface area contributed by atoms with Crippen LogP contribution in [0.15, 0.2) is 71.3 Å². The molecule has 2 heterocycles. The molecule has 0 saturated carbocycles. The Hall–Kier alpha value is -3.12. The van der Waals surface area contributed by atoms with Gasteiger partial charge in [0.05, 0.1) is 16.7 Å². The number of hydrogen-bond donors (Lipinski definition) is 1. The molecule has 2 aromatic carbocycles. The summed E-state index contributed by atoms with van der Waals surface area (Å²) in [6.45, 7) is 6.18. The zero-order valence-electron chi connectivity index (χ0n) is 16.1. The third-order valence-electron chi connectivity index (χ3n) is 4.95. The maximum absolute atomic E-state index is 12.9. The van der Waals surface area contributed by atoms with Crippen LogP contribution in [-0.2, 0) is 13.0 Å². The fraction of sp³-hybridized carbons (Fsp3) is 0.174. The van der Waals surface area contributed by atoms with Gasteiger partial charge in [-0.1, -0.05) is 55.1 Å². The molecule has 0 aliphatic rings. The molecule has 0 aliphatic carbocycles. The summed E-state index contributed by atoms with van der Waals surface area (Å²) in [6.07, 6.45) is 4.34. The van der Waals surface area contributed by atoms with Gasteiger partial charge >= 0.3 is 0 Å². The molecule has 1 N–H and O–H groups in total. The second-order valence-corrected chi connectivity index (χ2v) is 7.67. The molecule has 0 bridgehead atoms. The number of nitrogens with zero attached hydrogens (tertiary/aromatic N) is 2. The van der Waals surface area contributed by atoms with Crippen LogP contribution in [0.25, 0.3) is 21.8 Å². The number of fused-ring (bicyclic) bond motifs is 2. The first kappa shape index (κ1) is 19.2. The largest absolute Gasteiger partial charge is 0.360 e. The first-order chi connectivity index (χ1) is 14.1. The molecule has 29 heavy (non-hydrogen) atoms. The minimum absolute atomic E-state index is 0.00191. The maximum Gasteiger partial charge on any atom is 0.262 e. The highest BCUT2D eigenvalue weighted by Crippen LogP contribution is 2.25. The topological polar surface area (TPSA) is 67.8 Å². The molecule has 0 radical (unpaired) electrons. The van der Waals surface area contributed by atoms with Crippen LogP contribution in [0.2, 0.25) is 0 Å². The third-order valence-corrected chi connectivity index (χ3v) is 5.93. The average Bonchev–Trinajstić information content (AvgIpc) is 3.19. The van der Waals surface area contributed by atoms with E-state index >= 15 is 0 Å². The highest BCUT2D eigenvalue weighted by molar-refractivity contribution is 7.99. The van der Waals surface area contributed by atoms with Crippen LogP contribution >= 0.6 is 11.8 Å². The van der Waals surface area contributed by atoms with Crippen LogP contribution in [0.4, 0.5) is 0 Å². The Labute approximate surface area is 172 Å². The van der Waals surface area contributed by atoms with Gasteiger partial charge in [0.1, 0.15) is 0 Å². The van der Waals surface area contributed by atoms with E-state index in [1.54, 1.807) is 22.9 Å². The van der Waals surface area contributed by atoms with Crippen molar-refractivity contribution < 1.29 is 4.79 Å². The van der Waals surface area contributed by atoms with E-state index in [2.05, 4.69) is 29.5 Å². The molecule has 0 unspecified atom stereocenters. The van der Waals surface area contributed by atoms with Gasteiger partial charge in [0, 0.05) is 29.2 Å². The zero-order chi connectivity index (χ0) is 20.4. The lowest BCUT2D eigenvalue weighted by Crippen LogP contribution is -2.23. The van der Waals surface area contributed by atoms with E-state index in [-0.39, 0.29) is 17.1 Å². The van der Waals surface area contributed by atoms with Crippen LogP contribution in [0, 0.1) is 0 Å². The number of aryl methyl sites for hydroxylation is 1. The van der Waals surface area contributed by atoms with Crippen molar-refractivity contribution in [2.24, 2.45) is 0 Å². The van der Waals surface area contributed by atoms with E-state index in [1.807, 2.05) is 30.3 Å². The molecule has 4 rings (SSSR count). The van der Waals surface area contributed by atoms with E-state index in [1.165, 1.54) is 17.3 Å². The van der Waals surface area contributed by atoms with Crippen molar-refractivity contribution in [2.75, 3.05) is 5.75 Å². The first-order valence-electron chi connectivity index (χ1n) is 9.49. The summed E-state index contributed by atoms with van der Waals surface area (Å²) in [4.78, 5) is 33.6. The van der Waals surface area contributed by atoms with Gasteiger partial charge in [0.15, 0.2) is 10.9 Å². The minimum atomic E-state index is -0.120. The monoisotopic (exact) mass is 403 g/mol. The predicted molar refractivity (Wildman–Crippen MR) is 119 cm³/mol. The number of carbonyl (C=O) groups is 1. The number of para-hydroxylation sites is 2. The Balaban J connectivity index is 1.66. The molecule has 6 heteroatoms. The Morgan fingerprint density at radius 1 is 1.21 bits per heavy atom. The number of thioether (sulfide) groups is 1. The SMILES string of the molecule is C=CCn1c(SCC(=O)c2c[nH]c3c(CC)cccc23)nc2ccccc2c1=O. The Kier molecular flexibility index (Phi) is 5.36. The summed E-state index contributed by atoms with van der Waals surface area (Å²) in [5.74, 6) is 0.202. The second kappa shape index (κ2) is 8.09. The summed E-state index contributed by atoms with van der Waals surface area (Å²) in [7, 11) is 0. The first-order valence-corrected chi connectivity index (χ1v) is 10.5. The molecule has 0 fully saturated rings. The Morgan fingerprint density at radius 3 is 2.79 bits per heavy atom. The molecule has 0 amide bonds. The highest BCUT2D eigenvalue weighted by atomic mass is 32.2. The average molecular weight is 404 g/mol. The number of nitrogens with one attached hydrogen (secondary N) is 1. The fourth-order valence-corrected chi connectivity index (χ4v) is 4.39. The summed E-state index contributed by atoms with van der Waals surface area (Å²) in [6, 6.07) is 13.3. The molecule has 2 aromatic heterocycles. The lowest BCUT2D eigenvalue weighted by atomic mass is 10.1. The fourth-order valence-electron chi connectivity index (χ4n) is 3.50. The van der Waals surface area contributed by atoms with Gasteiger partial charge in [-0.25, -0.2) is 4.98 Å². The van der Waals surface area contributed by atoms with Crippen LogP contribution in [0.1, 0.15) is 22.8 Å². The van der Waals surface area contributed by atoms with Crippen molar-refractivity contribution in [1.82, 2.24) is 14.5 Å². The molecular weight excluding hydrogens is 382 g/mol. The molecule has 4 aromatic rings. The molecule has 0 aliphatic heterocycles. The number of rotatable bonds is 7. The number of Topliss-reactive ketones (excluding diaryl/α,β-unsaturated/α-hetero) is 1. The normalized spacial score (nSPS) is 11.2. The van der Waals surface area contributed by atoms with Crippen molar-refractivity contribution >= 4 is 39.4 Å². The summed E-state index contributed by atoms with van der Waals surface area (Å²) >= 11 is 1.28. The van der Waals surface area contributed by atoms with Crippen LogP contribution in [0.5, 0.6) is 0 Å². The number of hydrogen-bond acceptors (Lipinski definition) is 4. The van der Waals surface area contributed by atoms with E-state index in [4.69, 9.17) is 0 Å². The lowest BCUT2D eigenvalue weighted by molar-refractivity contribution is 0.102. The standard InChI is InChI=1S/C23H21N3O2S/c1-3-12-26-22(28)17-9-5-6-11-19(17)25-23(26)29-14-20(27)18-13-24-21-15(4-2)8-7-10-16(18)21/h3,5-11,13,24H,1,4,12,14H2,2H3. The number of H-pyrrole nitrogens is 1. The van der Waals surface area contributed by atoms with Crippen molar-refractivity contribution in [3.63, 3.8) is 0 Å². The summed E-state index contributed by atoms with van der Waals surface area (Å²) in [5, 5.41) is 2.02. The number of allylic oxidation sites excluding steroid dienone is 1. The number of aromatic amines is 1. The molecule has 0 spiro atoms. The minimum Gasteiger partial charge on any atom is -0.360 e. The molecule has 0 atom stereocenters. The quantitative estimate of drug-likeness (QED) is 0.212. The number of ketones is 1. The van der Waals surface area contributed by atoms with Crippen LogP contribution in [0.3, 0.4) is 0 Å². The smallest absolute Gasteiger partial charge is 0.262 e. The third kappa shape index (κ3) is 3.51. The summed E-state index contributed by atoms with van der Waals surface area (Å²) in [5.41, 5.74) is 3.37. The molecular formula is C23H21N3O2S. The van der Waals surface area contributed by atoms with Crippen LogP contribution < -0.4 is 5.56 Å². The van der Waals surface area contributed by atoms with Gasteiger partial charge < -0.3 is 4.98 Å². The molecule has 0 saturated heterocycles. The van der Waals surface area contributed by atoms with Gasteiger partial charge in [0.2, 0.25) is 0 Å². The van der Waals surface area contributed by atoms with E-state index in [9.17, 15) is 9.59 Å². The van der Waals surface area contributed by atoms with Gasteiger partial charge in [0.25, 0.3) is 5.56 Å². The van der Waals surface area contributed by atoms with E-state index in [0.29, 0.717) is 28.2 Å². The maximum atomic E-state index is 12.9. The predicted octanol–water partition coefficient (Wildman–Crippen LogP) is 4.60. The van der Waals surface area contributed by atoms with Gasteiger partial charge in [-0.05, 0) is 24.1 Å². The lowest BCUT2D eigenvalue weighted by Gasteiger charge is -2.11. The number of benzene rings is 2. The van der Waals surface area contributed by atoms with Crippen molar-refractivity contribution in [3.8, 4) is 0 Å². The second-order valence-electron chi connectivity index (χ2n) is 6.72. The number of carbonyl (C=O) groups excluding carboxylic acids is 1. The molecule has 5 nitrogen and oxygen atoms in total. The van der Waals surface area contributed by atoms with Gasteiger partial charge in [-0.2, -0.15) is 0 Å². The van der Waals surface area contributed by atoms with E-state index in [0.717, 1.165) is 17.3 Å². The van der Waals surface area contributed by atoms with E-state index < -0.39 is 0 Å². The van der Waals surface area contributed by atoms with Crippen LogP contribution in [-0.4, -0.2) is 26.1 Å². The highest BCUT2D eigenvalue weighted by Gasteiger charge is 2.16. The van der Waals surface area contributed by atoms with Crippen molar-refractivity contribution in [1.29, 1.82) is 0 Å². The Morgan fingerprint density at radius 2 is 2.00 bits per heavy atom. The Bertz CT molecular complexity index is 1290. The molecule has 146 valence electrons. The number of aromatic nitrogens is 3. The van der Waals surface area contributed by atoms with Gasteiger partial charge in [-0.3, -0.25) is 14.2 Å². The zero-order valence-corrected chi connectivity index (χ0v) is 17.0. The van der Waals surface area contributed by atoms with Crippen molar-refractivity contribution in [2.45, 2.75) is 25.0 Å².